The van der Waals surface area contributed by atoms with E-state index in [9.17, 15) is 5.11 Å². The molecule has 0 spiro atoms. The molecule has 4 rings (SSSR count). The van der Waals surface area contributed by atoms with E-state index in [-0.39, 0.29) is 38.1 Å². The quantitative estimate of drug-likeness (QED) is 0.572. The van der Waals surface area contributed by atoms with E-state index in [0.717, 1.165) is 11.1 Å². The van der Waals surface area contributed by atoms with Gasteiger partial charge in [0, 0.05) is 0 Å². The molecule has 1 aliphatic rings. The Balaban J connectivity index is 1.52. The van der Waals surface area contributed by atoms with Crippen LogP contribution in [0.2, 0.25) is 4.82 Å². The molecule has 1 unspecified atom stereocenters. The van der Waals surface area contributed by atoms with Crippen LogP contribution >= 0.6 is 0 Å². The summed E-state index contributed by atoms with van der Waals surface area (Å²) < 4.78 is 14.1. The summed E-state index contributed by atoms with van der Waals surface area (Å²) in [5, 5.41) is 11.0. The molecular weight excluding hydrogens is 427 g/mol. The molecule has 0 aromatic heterocycles. The molecule has 4 heteroatoms. The molecule has 0 radical (unpaired) electrons. The number of aliphatic hydroxyl groups is 1. The van der Waals surface area contributed by atoms with Crippen molar-refractivity contribution in [1.29, 1.82) is 0 Å². The van der Waals surface area contributed by atoms with Gasteiger partial charge in [0.05, 0.1) is 0 Å². The van der Waals surface area contributed by atoms with Crippen LogP contribution in [0.5, 0.6) is 0 Å². The van der Waals surface area contributed by atoms with Crippen molar-refractivity contribution < 1.29 is 14.6 Å². The fraction of sp³-hybridized carbons (Fsp3) is 0.280. The standard InChI is InChI=1S/C25H26O3Se/c1-18(29-21-15-9-4-10-16-21)23(26)22-17-27-24(19-11-5-2-6-12-19)25(28-22)20-13-7-3-8-14-20/h2-16,18,22-26H,17H2,1H3/t18?,22-,23-,24-,25-/m0/s1. The molecule has 29 heavy (non-hydrogen) atoms. The van der Waals surface area contributed by atoms with Crippen molar-refractivity contribution >= 4 is 19.4 Å². The zero-order chi connectivity index (χ0) is 20.1. The summed E-state index contributed by atoms with van der Waals surface area (Å²) >= 11 is 0.169. The molecule has 1 N–H and O–H groups in total. The van der Waals surface area contributed by atoms with Crippen LogP contribution in [0.4, 0.5) is 0 Å². The minimum atomic E-state index is -0.571. The summed E-state index contributed by atoms with van der Waals surface area (Å²) in [6, 6.07) is 30.7. The minimum absolute atomic E-state index is 0.128. The van der Waals surface area contributed by atoms with Crippen LogP contribution in [0.25, 0.3) is 0 Å². The summed E-state index contributed by atoms with van der Waals surface area (Å²) in [7, 11) is 0. The Morgan fingerprint density at radius 2 is 1.31 bits per heavy atom. The fourth-order valence-corrected chi connectivity index (χ4v) is 5.88. The van der Waals surface area contributed by atoms with Gasteiger partial charge in [-0.2, -0.15) is 0 Å². The van der Waals surface area contributed by atoms with Crippen molar-refractivity contribution in [2.45, 2.75) is 36.2 Å². The van der Waals surface area contributed by atoms with E-state index in [1.54, 1.807) is 0 Å². The Kier molecular flexibility index (Phi) is 6.81. The maximum absolute atomic E-state index is 11.0. The summed E-state index contributed by atoms with van der Waals surface area (Å²) in [5.74, 6) is 0. The topological polar surface area (TPSA) is 38.7 Å². The number of hydrogen-bond acceptors (Lipinski definition) is 3. The van der Waals surface area contributed by atoms with Gasteiger partial charge in [0.2, 0.25) is 0 Å². The monoisotopic (exact) mass is 454 g/mol. The van der Waals surface area contributed by atoms with Crippen molar-refractivity contribution in [3.63, 3.8) is 0 Å². The van der Waals surface area contributed by atoms with E-state index in [0.29, 0.717) is 6.61 Å². The third-order valence-electron chi connectivity index (χ3n) is 5.22. The average Bonchev–Trinajstić information content (AvgIpc) is 2.80. The van der Waals surface area contributed by atoms with E-state index >= 15 is 0 Å². The molecule has 1 aliphatic heterocycles. The van der Waals surface area contributed by atoms with Gasteiger partial charge in [-0.1, -0.05) is 0 Å². The van der Waals surface area contributed by atoms with Gasteiger partial charge in [0.1, 0.15) is 0 Å². The Hall–Kier alpha value is -1.94. The second kappa shape index (κ2) is 9.71. The first-order valence-electron chi connectivity index (χ1n) is 9.99. The van der Waals surface area contributed by atoms with E-state index in [1.807, 2.05) is 54.6 Å². The van der Waals surface area contributed by atoms with E-state index in [2.05, 4.69) is 43.3 Å². The zero-order valence-corrected chi connectivity index (χ0v) is 18.1. The van der Waals surface area contributed by atoms with E-state index in [4.69, 9.17) is 9.47 Å². The number of hydrogen-bond donors (Lipinski definition) is 1. The van der Waals surface area contributed by atoms with Crippen LogP contribution in [-0.4, -0.2) is 38.9 Å². The van der Waals surface area contributed by atoms with Crippen LogP contribution in [-0.2, 0) is 9.47 Å². The van der Waals surface area contributed by atoms with Gasteiger partial charge in [-0.05, 0) is 0 Å². The first-order chi connectivity index (χ1) is 14.2. The van der Waals surface area contributed by atoms with E-state index in [1.165, 1.54) is 4.46 Å². The fourth-order valence-electron chi connectivity index (χ4n) is 3.66. The second-order valence-corrected chi connectivity index (χ2v) is 10.3. The van der Waals surface area contributed by atoms with Crippen LogP contribution in [0, 0.1) is 0 Å². The Labute approximate surface area is 178 Å². The van der Waals surface area contributed by atoms with Gasteiger partial charge in [0.15, 0.2) is 0 Å². The number of benzene rings is 3. The molecular formula is C25H26O3Se. The Morgan fingerprint density at radius 3 is 1.90 bits per heavy atom. The molecule has 3 nitrogen and oxygen atoms in total. The third-order valence-corrected chi connectivity index (χ3v) is 7.73. The molecule has 3 aromatic rings. The van der Waals surface area contributed by atoms with Gasteiger partial charge in [0.25, 0.3) is 0 Å². The average molecular weight is 453 g/mol. The Bertz CT molecular complexity index is 872. The maximum atomic E-state index is 11.0. The van der Waals surface area contributed by atoms with Gasteiger partial charge < -0.3 is 0 Å². The molecule has 150 valence electrons. The molecule has 5 atom stereocenters. The van der Waals surface area contributed by atoms with Crippen molar-refractivity contribution in [1.82, 2.24) is 0 Å². The third kappa shape index (κ3) is 4.98. The predicted molar refractivity (Wildman–Crippen MR) is 116 cm³/mol. The van der Waals surface area contributed by atoms with Gasteiger partial charge in [-0.25, -0.2) is 0 Å². The van der Waals surface area contributed by atoms with Crippen LogP contribution < -0.4 is 4.46 Å². The van der Waals surface area contributed by atoms with Crippen LogP contribution in [0.1, 0.15) is 30.3 Å². The number of ether oxygens (including phenoxy) is 2. The molecule has 1 heterocycles. The van der Waals surface area contributed by atoms with E-state index < -0.39 is 6.10 Å². The molecule has 1 saturated heterocycles. The SMILES string of the molecule is CC([Se]c1ccccc1)[C@H](O)[C@@H]1CO[C@@H](c2ccccc2)[C@H](c2ccccc2)O1. The van der Waals surface area contributed by atoms with Crippen molar-refractivity contribution in [2.24, 2.45) is 0 Å². The number of aliphatic hydroxyl groups excluding tert-OH is 1. The van der Waals surface area contributed by atoms with Crippen molar-refractivity contribution in [3.8, 4) is 0 Å². The summed E-state index contributed by atoms with van der Waals surface area (Å²) in [5.41, 5.74) is 2.16. The number of rotatable bonds is 6. The van der Waals surface area contributed by atoms with Crippen LogP contribution in [0.15, 0.2) is 91.0 Å². The molecule has 0 bridgehead atoms. The first kappa shape index (κ1) is 20.3. The molecule has 0 aliphatic carbocycles. The van der Waals surface area contributed by atoms with Crippen molar-refractivity contribution in [3.05, 3.63) is 102 Å². The van der Waals surface area contributed by atoms with Crippen molar-refractivity contribution in [2.75, 3.05) is 6.61 Å². The first-order valence-corrected chi connectivity index (χ1v) is 11.8. The molecule has 0 saturated carbocycles. The van der Waals surface area contributed by atoms with Gasteiger partial charge >= 0.3 is 179 Å². The summed E-state index contributed by atoms with van der Waals surface area (Å²) in [6.07, 6.45) is -1.35. The predicted octanol–water partition coefficient (Wildman–Crippen LogP) is 4.08. The summed E-state index contributed by atoms with van der Waals surface area (Å²) in [4.78, 5) is 0.128. The molecule has 3 aromatic carbocycles. The normalized spacial score (nSPS) is 24.0. The van der Waals surface area contributed by atoms with Gasteiger partial charge in [-0.3, -0.25) is 0 Å². The molecule has 1 fully saturated rings. The zero-order valence-electron chi connectivity index (χ0n) is 16.4. The van der Waals surface area contributed by atoms with Crippen LogP contribution in [0.3, 0.4) is 0 Å². The Morgan fingerprint density at radius 1 is 0.793 bits per heavy atom. The molecule has 0 amide bonds. The second-order valence-electron chi connectivity index (χ2n) is 7.30. The summed E-state index contributed by atoms with van der Waals surface area (Å²) in [6.45, 7) is 2.49. The van der Waals surface area contributed by atoms with Gasteiger partial charge in [-0.15, -0.1) is 0 Å².